The van der Waals surface area contributed by atoms with Crippen molar-refractivity contribution in [2.75, 3.05) is 46.4 Å². The summed E-state index contributed by atoms with van der Waals surface area (Å²) in [5.41, 5.74) is 1.74. The fourth-order valence-corrected chi connectivity index (χ4v) is 3.07. The predicted molar refractivity (Wildman–Crippen MR) is 106 cm³/mol. The second kappa shape index (κ2) is 9.96. The Morgan fingerprint density at radius 2 is 1.93 bits per heavy atom. The third-order valence-corrected chi connectivity index (χ3v) is 4.67. The third-order valence-electron chi connectivity index (χ3n) is 4.67. The molecule has 3 rings (SSSR count). The van der Waals surface area contributed by atoms with E-state index in [2.05, 4.69) is 15.2 Å². The quantitative estimate of drug-likeness (QED) is 0.784. The van der Waals surface area contributed by atoms with Crippen LogP contribution in [-0.4, -0.2) is 73.0 Å². The van der Waals surface area contributed by atoms with Crippen molar-refractivity contribution < 1.29 is 14.3 Å². The van der Waals surface area contributed by atoms with Crippen LogP contribution in [0.5, 0.6) is 0 Å². The van der Waals surface area contributed by atoms with E-state index in [0.717, 1.165) is 38.4 Å². The first kappa shape index (κ1) is 20.0. The van der Waals surface area contributed by atoms with Crippen LogP contribution in [0.3, 0.4) is 0 Å². The molecule has 28 heavy (non-hydrogen) atoms. The Kier molecular flexibility index (Phi) is 7.11. The van der Waals surface area contributed by atoms with Crippen molar-refractivity contribution in [2.45, 2.75) is 6.54 Å². The molecule has 0 unspecified atom stereocenters. The zero-order valence-electron chi connectivity index (χ0n) is 16.1. The number of carbonyl (C=O) groups excluding carboxylic acids is 2. The van der Waals surface area contributed by atoms with Crippen LogP contribution in [-0.2, 0) is 11.3 Å². The zero-order chi connectivity index (χ0) is 19.8. The molecule has 0 bridgehead atoms. The molecule has 2 amide bonds. The molecule has 2 aromatic rings. The number of carbonyl (C=O) groups is 2. The summed E-state index contributed by atoms with van der Waals surface area (Å²) in [5, 5.41) is 2.91. The molecule has 1 aromatic heterocycles. The summed E-state index contributed by atoms with van der Waals surface area (Å²) < 4.78 is 5.32. The van der Waals surface area contributed by atoms with Gasteiger partial charge in [-0.15, -0.1) is 0 Å². The Bertz CT molecular complexity index is 791. The number of nitrogens with one attached hydrogen (secondary N) is 1. The molecule has 1 N–H and O–H groups in total. The lowest BCUT2D eigenvalue weighted by Crippen LogP contribution is -2.41. The number of benzene rings is 1. The Labute approximate surface area is 165 Å². The van der Waals surface area contributed by atoms with Crippen LogP contribution in [0.2, 0.25) is 0 Å². The standard InChI is InChI=1S/C21H26N4O3/c1-24(16-17-5-3-2-4-6-17)21(27)19-15-18(7-8-22-19)20(26)23-9-10-25-11-13-28-14-12-25/h2-8,15H,9-14,16H2,1H3,(H,23,26). The molecule has 0 radical (unpaired) electrons. The lowest BCUT2D eigenvalue weighted by molar-refractivity contribution is 0.0383. The maximum absolute atomic E-state index is 12.7. The molecular weight excluding hydrogens is 356 g/mol. The number of aromatic nitrogens is 1. The molecule has 2 heterocycles. The Morgan fingerprint density at radius 1 is 1.18 bits per heavy atom. The van der Waals surface area contributed by atoms with Gasteiger partial charge in [-0.05, 0) is 17.7 Å². The second-order valence-corrected chi connectivity index (χ2v) is 6.79. The largest absolute Gasteiger partial charge is 0.379 e. The average Bonchev–Trinajstić information content (AvgIpc) is 2.74. The normalized spacial score (nSPS) is 14.5. The van der Waals surface area contributed by atoms with Crippen LogP contribution >= 0.6 is 0 Å². The lowest BCUT2D eigenvalue weighted by Gasteiger charge is -2.26. The van der Waals surface area contributed by atoms with Crippen LogP contribution in [0.15, 0.2) is 48.7 Å². The van der Waals surface area contributed by atoms with E-state index in [1.54, 1.807) is 24.1 Å². The van der Waals surface area contributed by atoms with E-state index in [4.69, 9.17) is 4.74 Å². The summed E-state index contributed by atoms with van der Waals surface area (Å²) in [6, 6.07) is 12.9. The molecule has 1 aliphatic rings. The minimum absolute atomic E-state index is 0.199. The molecule has 0 saturated carbocycles. The van der Waals surface area contributed by atoms with Gasteiger partial charge in [0.15, 0.2) is 0 Å². The molecule has 0 aliphatic carbocycles. The molecular formula is C21H26N4O3. The van der Waals surface area contributed by atoms with Gasteiger partial charge in [-0.25, -0.2) is 0 Å². The monoisotopic (exact) mass is 382 g/mol. The van der Waals surface area contributed by atoms with Crippen molar-refractivity contribution >= 4 is 11.8 Å². The van der Waals surface area contributed by atoms with Crippen LogP contribution in [0.25, 0.3) is 0 Å². The van der Waals surface area contributed by atoms with Crippen molar-refractivity contribution in [3.8, 4) is 0 Å². The summed E-state index contributed by atoms with van der Waals surface area (Å²) in [6.07, 6.45) is 1.50. The first-order chi connectivity index (χ1) is 13.6. The number of pyridine rings is 1. The number of hydrogen-bond acceptors (Lipinski definition) is 5. The number of nitrogens with zero attached hydrogens (tertiary/aromatic N) is 3. The molecule has 1 aromatic carbocycles. The number of hydrogen-bond donors (Lipinski definition) is 1. The van der Waals surface area contributed by atoms with Crippen LogP contribution in [0, 0.1) is 0 Å². The molecule has 7 nitrogen and oxygen atoms in total. The highest BCUT2D eigenvalue weighted by atomic mass is 16.5. The number of rotatable bonds is 7. The molecule has 1 saturated heterocycles. The minimum Gasteiger partial charge on any atom is -0.379 e. The van der Waals surface area contributed by atoms with E-state index in [-0.39, 0.29) is 17.5 Å². The summed E-state index contributed by atoms with van der Waals surface area (Å²) in [6.45, 7) is 5.07. The Balaban J connectivity index is 1.54. The van der Waals surface area contributed by atoms with E-state index in [1.807, 2.05) is 30.3 Å². The molecule has 7 heteroatoms. The van der Waals surface area contributed by atoms with Crippen molar-refractivity contribution in [1.29, 1.82) is 0 Å². The summed E-state index contributed by atoms with van der Waals surface area (Å²) >= 11 is 0. The highest BCUT2D eigenvalue weighted by Crippen LogP contribution is 2.09. The predicted octanol–water partition coefficient (Wildman–Crippen LogP) is 1.42. The summed E-state index contributed by atoms with van der Waals surface area (Å²) in [5.74, 6) is -0.415. The van der Waals surface area contributed by atoms with Gasteiger partial charge in [0.25, 0.3) is 11.8 Å². The topological polar surface area (TPSA) is 74.8 Å². The Hall–Kier alpha value is -2.77. The molecule has 0 spiro atoms. The maximum Gasteiger partial charge on any atom is 0.272 e. The molecule has 1 aliphatic heterocycles. The first-order valence-electron chi connectivity index (χ1n) is 9.47. The van der Waals surface area contributed by atoms with Crippen molar-refractivity contribution in [2.24, 2.45) is 0 Å². The molecule has 148 valence electrons. The SMILES string of the molecule is CN(Cc1ccccc1)C(=O)c1cc(C(=O)NCCN2CCOCC2)ccn1. The van der Waals surface area contributed by atoms with Gasteiger partial charge in [-0.3, -0.25) is 19.5 Å². The van der Waals surface area contributed by atoms with Gasteiger partial charge in [0.05, 0.1) is 13.2 Å². The van der Waals surface area contributed by atoms with E-state index in [9.17, 15) is 9.59 Å². The van der Waals surface area contributed by atoms with E-state index in [0.29, 0.717) is 18.7 Å². The fourth-order valence-electron chi connectivity index (χ4n) is 3.07. The van der Waals surface area contributed by atoms with Gasteiger partial charge in [-0.1, -0.05) is 30.3 Å². The number of morpholine rings is 1. The Morgan fingerprint density at radius 3 is 2.68 bits per heavy atom. The van der Waals surface area contributed by atoms with Gasteiger partial charge >= 0.3 is 0 Å². The van der Waals surface area contributed by atoms with Crippen molar-refractivity contribution in [3.63, 3.8) is 0 Å². The maximum atomic E-state index is 12.7. The van der Waals surface area contributed by atoms with Crippen molar-refractivity contribution in [1.82, 2.24) is 20.1 Å². The highest BCUT2D eigenvalue weighted by molar-refractivity contribution is 5.98. The average molecular weight is 382 g/mol. The molecule has 0 atom stereocenters. The second-order valence-electron chi connectivity index (χ2n) is 6.79. The minimum atomic E-state index is -0.216. The number of amides is 2. The van der Waals surface area contributed by atoms with Crippen molar-refractivity contribution in [3.05, 3.63) is 65.5 Å². The van der Waals surface area contributed by atoms with Gasteiger partial charge in [0.1, 0.15) is 5.69 Å². The van der Waals surface area contributed by atoms with E-state index < -0.39 is 0 Å². The van der Waals surface area contributed by atoms with Crippen LogP contribution in [0.4, 0.5) is 0 Å². The number of ether oxygens (including phenoxy) is 1. The van der Waals surface area contributed by atoms with Crippen LogP contribution < -0.4 is 5.32 Å². The fraction of sp³-hybridized carbons (Fsp3) is 0.381. The highest BCUT2D eigenvalue weighted by Gasteiger charge is 2.16. The van der Waals surface area contributed by atoms with Gasteiger partial charge in [-0.2, -0.15) is 0 Å². The lowest BCUT2D eigenvalue weighted by atomic mass is 10.2. The third kappa shape index (κ3) is 5.61. The first-order valence-corrected chi connectivity index (χ1v) is 9.47. The molecule has 1 fully saturated rings. The van der Waals surface area contributed by atoms with Gasteiger partial charge in [0.2, 0.25) is 0 Å². The summed E-state index contributed by atoms with van der Waals surface area (Å²) in [7, 11) is 1.73. The van der Waals surface area contributed by atoms with Gasteiger partial charge < -0.3 is 15.0 Å². The van der Waals surface area contributed by atoms with Crippen LogP contribution in [0.1, 0.15) is 26.4 Å². The van der Waals surface area contributed by atoms with Gasteiger partial charge in [0, 0.05) is 51.5 Å². The zero-order valence-corrected chi connectivity index (χ0v) is 16.1. The summed E-state index contributed by atoms with van der Waals surface area (Å²) in [4.78, 5) is 33.1. The smallest absolute Gasteiger partial charge is 0.272 e. The van der Waals surface area contributed by atoms with E-state index in [1.165, 1.54) is 6.20 Å². The van der Waals surface area contributed by atoms with E-state index >= 15 is 0 Å².